The first-order chi connectivity index (χ1) is 18.6. The summed E-state index contributed by atoms with van der Waals surface area (Å²) in [5.74, 6) is -0.327. The van der Waals surface area contributed by atoms with Crippen LogP contribution in [0.2, 0.25) is 0 Å². The number of aryl methyl sites for hydroxylation is 2. The van der Waals surface area contributed by atoms with Crippen molar-refractivity contribution in [3.05, 3.63) is 58.7 Å². The summed E-state index contributed by atoms with van der Waals surface area (Å²) < 4.78 is 26.0. The summed E-state index contributed by atoms with van der Waals surface area (Å²) in [4.78, 5) is 9.76. The number of rotatable bonds is 16. The predicted octanol–water partition coefficient (Wildman–Crippen LogP) is 4.86. The van der Waals surface area contributed by atoms with E-state index in [1.807, 2.05) is 12.1 Å². The molecule has 7 N–H and O–H groups in total. The van der Waals surface area contributed by atoms with E-state index in [-0.39, 0.29) is 12.4 Å². The van der Waals surface area contributed by atoms with Crippen molar-refractivity contribution in [3.8, 4) is 5.75 Å². The van der Waals surface area contributed by atoms with Crippen molar-refractivity contribution in [2.45, 2.75) is 75.9 Å². The van der Waals surface area contributed by atoms with Crippen LogP contribution in [0.1, 0.15) is 73.8 Å². The molecule has 9 nitrogen and oxygen atoms in total. The molecule has 10 heteroatoms. The topological polar surface area (TPSA) is 160 Å². The average Bonchev–Trinajstić information content (AvgIpc) is 3.20. The number of ether oxygens (including phenoxy) is 1. The molecule has 0 bridgehead atoms. The SMILES string of the molecule is CC(=O)O.OCc1cc([C@@H](O)CNCCCCCCOCCCCc2ccc3c(c2)S(O)(O)CC3)ccc1O. The minimum Gasteiger partial charge on any atom is -0.508 e. The highest BCUT2D eigenvalue weighted by Gasteiger charge is 2.26. The molecule has 0 spiro atoms. The largest absolute Gasteiger partial charge is 0.508 e. The fourth-order valence-electron chi connectivity index (χ4n) is 4.37. The summed E-state index contributed by atoms with van der Waals surface area (Å²) in [5.41, 5.74) is 3.36. The van der Waals surface area contributed by atoms with Crippen LogP contribution in [0.4, 0.5) is 0 Å². The van der Waals surface area contributed by atoms with Crippen LogP contribution in [-0.2, 0) is 29.0 Å². The lowest BCUT2D eigenvalue weighted by molar-refractivity contribution is -0.134. The molecule has 0 aromatic heterocycles. The van der Waals surface area contributed by atoms with Gasteiger partial charge in [0, 0.05) is 38.0 Å². The van der Waals surface area contributed by atoms with Gasteiger partial charge in [-0.2, -0.15) is 10.6 Å². The third-order valence-electron chi connectivity index (χ3n) is 6.53. The lowest BCUT2D eigenvalue weighted by Gasteiger charge is -2.27. The van der Waals surface area contributed by atoms with E-state index in [9.17, 15) is 24.4 Å². The van der Waals surface area contributed by atoms with Gasteiger partial charge in [-0.25, -0.2) is 0 Å². The van der Waals surface area contributed by atoms with Gasteiger partial charge < -0.3 is 30.5 Å². The molecule has 0 saturated heterocycles. The van der Waals surface area contributed by atoms with Gasteiger partial charge in [0.25, 0.3) is 5.97 Å². The summed E-state index contributed by atoms with van der Waals surface area (Å²) in [6, 6.07) is 10.9. The van der Waals surface area contributed by atoms with E-state index < -0.39 is 22.7 Å². The molecule has 39 heavy (non-hydrogen) atoms. The number of phenols is 1. The molecule has 1 aliphatic rings. The second-order valence-electron chi connectivity index (χ2n) is 9.83. The Morgan fingerprint density at radius 2 is 1.72 bits per heavy atom. The monoisotopic (exact) mass is 567 g/mol. The van der Waals surface area contributed by atoms with Crippen LogP contribution in [0, 0.1) is 0 Å². The number of benzene rings is 2. The first-order valence-corrected chi connectivity index (χ1v) is 15.3. The zero-order chi connectivity index (χ0) is 28.7. The maximum absolute atomic E-state index is 10.3. The number of fused-ring (bicyclic) bond motifs is 1. The van der Waals surface area contributed by atoms with E-state index in [1.54, 1.807) is 12.1 Å². The maximum atomic E-state index is 10.3. The van der Waals surface area contributed by atoms with Crippen molar-refractivity contribution in [1.29, 1.82) is 0 Å². The van der Waals surface area contributed by atoms with E-state index in [2.05, 4.69) is 11.4 Å². The molecule has 1 aliphatic heterocycles. The molecule has 1 heterocycles. The number of carbonyl (C=O) groups is 1. The molecule has 0 amide bonds. The number of hydrogen-bond donors (Lipinski definition) is 7. The zero-order valence-electron chi connectivity index (χ0n) is 22.8. The second kappa shape index (κ2) is 17.5. The van der Waals surface area contributed by atoms with Gasteiger partial charge in [0.2, 0.25) is 0 Å². The van der Waals surface area contributed by atoms with E-state index in [1.165, 1.54) is 11.6 Å². The van der Waals surface area contributed by atoms with Crippen molar-refractivity contribution < 1.29 is 39.1 Å². The van der Waals surface area contributed by atoms with Gasteiger partial charge in [0.05, 0.1) is 17.6 Å². The molecule has 0 radical (unpaired) electrons. The summed E-state index contributed by atoms with van der Waals surface area (Å²) >= 11 is 0. The van der Waals surface area contributed by atoms with E-state index in [0.717, 1.165) is 88.5 Å². The van der Waals surface area contributed by atoms with Crippen LogP contribution in [0.25, 0.3) is 0 Å². The van der Waals surface area contributed by atoms with E-state index >= 15 is 0 Å². The van der Waals surface area contributed by atoms with Gasteiger partial charge in [-0.1, -0.05) is 31.0 Å². The number of aliphatic carboxylic acids is 1. The van der Waals surface area contributed by atoms with Crippen LogP contribution in [0.5, 0.6) is 5.75 Å². The highest BCUT2D eigenvalue weighted by Crippen LogP contribution is 2.55. The van der Waals surface area contributed by atoms with Crippen molar-refractivity contribution in [2.24, 2.45) is 0 Å². The third-order valence-corrected chi connectivity index (χ3v) is 8.39. The van der Waals surface area contributed by atoms with Gasteiger partial charge in [-0.15, -0.1) is 0 Å². The Morgan fingerprint density at radius 3 is 2.44 bits per heavy atom. The molecule has 0 aliphatic carbocycles. The number of hydrogen-bond acceptors (Lipinski definition) is 8. The minimum atomic E-state index is -2.56. The van der Waals surface area contributed by atoms with Crippen molar-refractivity contribution in [1.82, 2.24) is 5.32 Å². The fourth-order valence-corrected chi connectivity index (χ4v) is 6.02. The number of aliphatic hydroxyl groups is 2. The van der Waals surface area contributed by atoms with Gasteiger partial charge in [-0.3, -0.25) is 13.9 Å². The van der Waals surface area contributed by atoms with E-state index in [0.29, 0.717) is 23.4 Å². The molecule has 2 aromatic carbocycles. The number of aliphatic hydroxyl groups excluding tert-OH is 2. The standard InChI is InChI=1S/C27H41NO6S.C2H4O2/c29-20-24-18-23(10-11-25(24)30)26(31)19-28-13-4-1-2-5-14-34-15-6-3-7-21-8-9-22-12-16-35(32,33)27(22)17-21;1-2(3)4/h8-11,17-18,26,28-33H,1-7,12-16,19-20H2;1H3,(H,3,4)/t26-;/m0./s1. The smallest absolute Gasteiger partial charge is 0.300 e. The Labute approximate surface area is 233 Å². The Bertz CT molecular complexity index is 1010. The van der Waals surface area contributed by atoms with Gasteiger partial charge in [0.1, 0.15) is 5.75 Å². The first kappa shape index (κ1) is 33.0. The molecule has 1 atom stereocenters. The van der Waals surface area contributed by atoms with Crippen molar-refractivity contribution in [3.63, 3.8) is 0 Å². The number of nitrogens with one attached hydrogen (secondary N) is 1. The zero-order valence-corrected chi connectivity index (χ0v) is 23.7. The molecular weight excluding hydrogens is 522 g/mol. The van der Waals surface area contributed by atoms with Crippen LogP contribution in [-0.4, -0.2) is 67.6 Å². The molecule has 3 rings (SSSR count). The predicted molar refractivity (Wildman–Crippen MR) is 154 cm³/mol. The summed E-state index contributed by atoms with van der Waals surface area (Å²) in [7, 11) is -2.56. The Balaban J connectivity index is 0.00000124. The third kappa shape index (κ3) is 12.3. The number of unbranched alkanes of at least 4 members (excludes halogenated alkanes) is 4. The number of aromatic hydroxyl groups is 1. The Morgan fingerprint density at radius 1 is 1.03 bits per heavy atom. The second-order valence-corrected chi connectivity index (χ2v) is 12.0. The van der Waals surface area contributed by atoms with Gasteiger partial charge in [-0.05, 0) is 80.0 Å². The van der Waals surface area contributed by atoms with Gasteiger partial charge >= 0.3 is 0 Å². The van der Waals surface area contributed by atoms with Crippen molar-refractivity contribution in [2.75, 3.05) is 32.1 Å². The lowest BCUT2D eigenvalue weighted by Crippen LogP contribution is -2.22. The summed E-state index contributed by atoms with van der Waals surface area (Å²) in [5, 5.41) is 39.8. The van der Waals surface area contributed by atoms with Crippen LogP contribution >= 0.6 is 10.6 Å². The number of carboxylic acid groups (broad SMARTS) is 1. The minimum absolute atomic E-state index is 0.0405. The first-order valence-electron chi connectivity index (χ1n) is 13.6. The van der Waals surface area contributed by atoms with E-state index in [4.69, 9.17) is 14.6 Å². The van der Waals surface area contributed by atoms with Crippen molar-refractivity contribution >= 4 is 16.6 Å². The average molecular weight is 568 g/mol. The number of carboxylic acids is 1. The summed E-state index contributed by atoms with van der Waals surface area (Å²) in [6.45, 7) is 3.64. The fraction of sp³-hybridized carbons (Fsp3) is 0.552. The Kier molecular flexibility index (Phi) is 14.8. The van der Waals surface area contributed by atoms with Gasteiger partial charge in [0.15, 0.2) is 0 Å². The quantitative estimate of drug-likeness (QED) is 0.141. The summed E-state index contributed by atoms with van der Waals surface area (Å²) in [6.07, 6.45) is 7.36. The molecule has 0 fully saturated rings. The van der Waals surface area contributed by atoms with Crippen LogP contribution in [0.3, 0.4) is 0 Å². The van der Waals surface area contributed by atoms with Crippen LogP contribution < -0.4 is 5.32 Å². The maximum Gasteiger partial charge on any atom is 0.300 e. The normalized spacial score (nSPS) is 15.2. The molecule has 0 saturated carbocycles. The van der Waals surface area contributed by atoms with Crippen LogP contribution in [0.15, 0.2) is 41.3 Å². The highest BCUT2D eigenvalue weighted by atomic mass is 32.3. The molecule has 220 valence electrons. The highest BCUT2D eigenvalue weighted by molar-refractivity contribution is 8.24. The molecular formula is C29H45NO8S. The molecule has 2 aromatic rings. The Hall–Kier alpha value is -2.18. The lowest BCUT2D eigenvalue weighted by atomic mass is 10.1. The molecule has 0 unspecified atom stereocenters.